The summed E-state index contributed by atoms with van der Waals surface area (Å²) in [6, 6.07) is 5.61. The molecule has 1 aliphatic carbocycles. The van der Waals surface area contributed by atoms with Crippen LogP contribution in [0.3, 0.4) is 0 Å². The second kappa shape index (κ2) is 7.56. The maximum atomic E-state index is 12.6. The highest BCUT2D eigenvalue weighted by Crippen LogP contribution is 2.23. The molecule has 0 aliphatic heterocycles. The van der Waals surface area contributed by atoms with E-state index in [1.165, 1.54) is 6.20 Å². The Morgan fingerprint density at radius 3 is 2.58 bits per heavy atom. The Bertz CT molecular complexity index is 827. The Kier molecular flexibility index (Phi) is 5.21. The molecule has 1 amide bonds. The van der Waals surface area contributed by atoms with Crippen molar-refractivity contribution in [2.24, 2.45) is 7.05 Å². The summed E-state index contributed by atoms with van der Waals surface area (Å²) in [5, 5.41) is 16.2. The van der Waals surface area contributed by atoms with Gasteiger partial charge in [0, 0.05) is 31.0 Å². The van der Waals surface area contributed by atoms with Crippen molar-refractivity contribution in [1.82, 2.24) is 20.1 Å². The number of nitrogens with zero attached hydrogens (tertiary/aromatic N) is 4. The highest BCUT2D eigenvalue weighted by atomic mass is 16.5. The van der Waals surface area contributed by atoms with Gasteiger partial charge in [0.15, 0.2) is 0 Å². The van der Waals surface area contributed by atoms with Crippen molar-refractivity contribution in [3.63, 3.8) is 0 Å². The predicted octanol–water partition coefficient (Wildman–Crippen LogP) is 2.42. The SMILES string of the molecule is Cc1nn(C)c(C)c1C(=O)NC1CCC(Oc2ccc(C#N)cn2)CC1. The summed E-state index contributed by atoms with van der Waals surface area (Å²) in [6.45, 7) is 3.77. The lowest BCUT2D eigenvalue weighted by molar-refractivity contribution is 0.0889. The first kappa shape index (κ1) is 17.9. The first-order chi connectivity index (χ1) is 12.5. The third-order valence-electron chi connectivity index (χ3n) is 4.90. The van der Waals surface area contributed by atoms with E-state index in [4.69, 9.17) is 10.00 Å². The minimum absolute atomic E-state index is 0.0498. The van der Waals surface area contributed by atoms with Crippen molar-refractivity contribution in [1.29, 1.82) is 5.26 Å². The number of carbonyl (C=O) groups is 1. The van der Waals surface area contributed by atoms with Crippen LogP contribution in [0.25, 0.3) is 0 Å². The molecule has 7 nitrogen and oxygen atoms in total. The Hall–Kier alpha value is -2.88. The molecule has 3 rings (SSSR count). The summed E-state index contributed by atoms with van der Waals surface area (Å²) in [5.41, 5.74) is 2.83. The first-order valence-electron chi connectivity index (χ1n) is 8.81. The van der Waals surface area contributed by atoms with Crippen LogP contribution >= 0.6 is 0 Å². The van der Waals surface area contributed by atoms with E-state index in [-0.39, 0.29) is 18.1 Å². The highest BCUT2D eigenvalue weighted by Gasteiger charge is 2.26. The first-order valence-corrected chi connectivity index (χ1v) is 8.81. The zero-order valence-electron chi connectivity index (χ0n) is 15.3. The Balaban J connectivity index is 1.52. The van der Waals surface area contributed by atoms with Gasteiger partial charge in [-0.1, -0.05) is 0 Å². The van der Waals surface area contributed by atoms with Crippen molar-refractivity contribution < 1.29 is 9.53 Å². The third-order valence-corrected chi connectivity index (χ3v) is 4.90. The van der Waals surface area contributed by atoms with E-state index in [0.29, 0.717) is 17.0 Å². The lowest BCUT2D eigenvalue weighted by Gasteiger charge is -2.29. The van der Waals surface area contributed by atoms with E-state index < -0.39 is 0 Å². The quantitative estimate of drug-likeness (QED) is 0.911. The van der Waals surface area contributed by atoms with Gasteiger partial charge < -0.3 is 10.1 Å². The molecule has 26 heavy (non-hydrogen) atoms. The van der Waals surface area contributed by atoms with Crippen LogP contribution in [0.4, 0.5) is 0 Å². The van der Waals surface area contributed by atoms with Gasteiger partial charge in [0.2, 0.25) is 5.88 Å². The molecule has 1 saturated carbocycles. The van der Waals surface area contributed by atoms with Gasteiger partial charge in [-0.2, -0.15) is 10.4 Å². The number of aromatic nitrogens is 3. The van der Waals surface area contributed by atoms with Gasteiger partial charge in [0.05, 0.1) is 16.8 Å². The molecule has 136 valence electrons. The molecule has 0 unspecified atom stereocenters. The van der Waals surface area contributed by atoms with Crippen LogP contribution in [0.5, 0.6) is 5.88 Å². The van der Waals surface area contributed by atoms with Crippen LogP contribution < -0.4 is 10.1 Å². The second-order valence-electron chi connectivity index (χ2n) is 6.73. The number of aryl methyl sites for hydroxylation is 2. The fourth-order valence-corrected chi connectivity index (χ4v) is 3.37. The van der Waals surface area contributed by atoms with Crippen molar-refractivity contribution in [2.75, 3.05) is 0 Å². The van der Waals surface area contributed by atoms with E-state index in [2.05, 4.69) is 15.4 Å². The van der Waals surface area contributed by atoms with Gasteiger partial charge in [-0.05, 0) is 45.6 Å². The maximum absolute atomic E-state index is 12.6. The topological polar surface area (TPSA) is 92.8 Å². The molecular formula is C19H23N5O2. The van der Waals surface area contributed by atoms with Gasteiger partial charge in [0.1, 0.15) is 12.2 Å². The van der Waals surface area contributed by atoms with Crippen molar-refractivity contribution >= 4 is 5.91 Å². The fraction of sp³-hybridized carbons (Fsp3) is 0.474. The van der Waals surface area contributed by atoms with E-state index in [1.807, 2.05) is 27.0 Å². The van der Waals surface area contributed by atoms with Crippen LogP contribution in [0.1, 0.15) is 53.0 Å². The lowest BCUT2D eigenvalue weighted by Crippen LogP contribution is -2.40. The summed E-state index contributed by atoms with van der Waals surface area (Å²) in [7, 11) is 1.85. The minimum atomic E-state index is -0.0498. The van der Waals surface area contributed by atoms with E-state index in [0.717, 1.165) is 37.1 Å². The smallest absolute Gasteiger partial charge is 0.255 e. The number of amides is 1. The van der Waals surface area contributed by atoms with Crippen molar-refractivity contribution in [2.45, 2.75) is 51.7 Å². The van der Waals surface area contributed by atoms with Crippen molar-refractivity contribution in [3.8, 4) is 11.9 Å². The fourth-order valence-electron chi connectivity index (χ4n) is 3.37. The van der Waals surface area contributed by atoms with Gasteiger partial charge in [-0.15, -0.1) is 0 Å². The van der Waals surface area contributed by atoms with Gasteiger partial charge in [-0.3, -0.25) is 9.48 Å². The van der Waals surface area contributed by atoms with Gasteiger partial charge >= 0.3 is 0 Å². The molecule has 2 aromatic rings. The van der Waals surface area contributed by atoms with Gasteiger partial charge in [-0.25, -0.2) is 4.98 Å². The predicted molar refractivity (Wildman–Crippen MR) is 95.8 cm³/mol. The molecular weight excluding hydrogens is 330 g/mol. The second-order valence-corrected chi connectivity index (χ2v) is 6.73. The Morgan fingerprint density at radius 1 is 1.31 bits per heavy atom. The summed E-state index contributed by atoms with van der Waals surface area (Å²) < 4.78 is 7.62. The Labute approximate surface area is 153 Å². The molecule has 0 bridgehead atoms. The largest absolute Gasteiger partial charge is 0.474 e. The van der Waals surface area contributed by atoms with E-state index in [1.54, 1.807) is 16.8 Å². The molecule has 2 aromatic heterocycles. The molecule has 1 fully saturated rings. The van der Waals surface area contributed by atoms with Crippen molar-refractivity contribution in [3.05, 3.63) is 40.8 Å². The van der Waals surface area contributed by atoms with Crippen LogP contribution in [0, 0.1) is 25.2 Å². The molecule has 7 heteroatoms. The third kappa shape index (κ3) is 3.85. The molecule has 0 saturated heterocycles. The Morgan fingerprint density at radius 2 is 2.04 bits per heavy atom. The number of pyridine rings is 1. The number of hydrogen-bond donors (Lipinski definition) is 1. The van der Waals surface area contributed by atoms with E-state index >= 15 is 0 Å². The van der Waals surface area contributed by atoms with Crippen LogP contribution in [-0.2, 0) is 7.05 Å². The average Bonchev–Trinajstić information content (AvgIpc) is 2.89. The summed E-state index contributed by atoms with van der Waals surface area (Å²) in [4.78, 5) is 16.7. The van der Waals surface area contributed by atoms with Gasteiger partial charge in [0.25, 0.3) is 5.91 Å². The number of nitriles is 1. The molecule has 0 spiro atoms. The monoisotopic (exact) mass is 353 g/mol. The molecule has 0 atom stereocenters. The number of carbonyl (C=O) groups excluding carboxylic acids is 1. The van der Waals surface area contributed by atoms with Crippen LogP contribution in [-0.4, -0.2) is 32.8 Å². The lowest BCUT2D eigenvalue weighted by atomic mass is 9.92. The number of hydrogen-bond acceptors (Lipinski definition) is 5. The standard InChI is InChI=1S/C19H23N5O2/c1-12-18(13(2)24(3)23-12)19(25)22-15-5-7-16(8-6-15)26-17-9-4-14(10-20)11-21-17/h4,9,11,15-16H,5-8H2,1-3H3,(H,22,25). The zero-order chi connectivity index (χ0) is 18.7. The number of nitrogens with one attached hydrogen (secondary N) is 1. The molecule has 0 radical (unpaired) electrons. The summed E-state index contributed by atoms with van der Waals surface area (Å²) >= 11 is 0. The van der Waals surface area contributed by atoms with Crippen LogP contribution in [0.2, 0.25) is 0 Å². The highest BCUT2D eigenvalue weighted by molar-refractivity contribution is 5.96. The summed E-state index contributed by atoms with van der Waals surface area (Å²) in [5.74, 6) is 0.490. The maximum Gasteiger partial charge on any atom is 0.255 e. The molecule has 0 aromatic carbocycles. The van der Waals surface area contributed by atoms with Crippen LogP contribution in [0.15, 0.2) is 18.3 Å². The summed E-state index contributed by atoms with van der Waals surface area (Å²) in [6.07, 6.45) is 5.05. The zero-order valence-corrected chi connectivity index (χ0v) is 15.3. The molecule has 2 heterocycles. The normalized spacial score (nSPS) is 19.6. The molecule has 1 aliphatic rings. The van der Waals surface area contributed by atoms with E-state index in [9.17, 15) is 4.79 Å². The molecule has 1 N–H and O–H groups in total. The minimum Gasteiger partial charge on any atom is -0.474 e. The number of ether oxygens (including phenoxy) is 1. The number of rotatable bonds is 4. The average molecular weight is 353 g/mol.